The molecule has 0 radical (unpaired) electrons. The fourth-order valence-electron chi connectivity index (χ4n) is 3.53. The predicted octanol–water partition coefficient (Wildman–Crippen LogP) is 4.81. The summed E-state index contributed by atoms with van der Waals surface area (Å²) < 4.78 is 0. The summed E-state index contributed by atoms with van der Waals surface area (Å²) in [5.74, 6) is 0. The van der Waals surface area contributed by atoms with Gasteiger partial charge in [0.05, 0.1) is 11.6 Å². The van der Waals surface area contributed by atoms with Gasteiger partial charge in [-0.3, -0.25) is 0 Å². The summed E-state index contributed by atoms with van der Waals surface area (Å²) in [6.45, 7) is 2.93. The third-order valence-corrected chi connectivity index (χ3v) is 4.93. The Morgan fingerprint density at radius 3 is 2.31 bits per heavy atom. The second-order valence-corrected chi connectivity index (χ2v) is 6.76. The predicted molar refractivity (Wildman–Crippen MR) is 106 cm³/mol. The van der Waals surface area contributed by atoms with Gasteiger partial charge in [0.2, 0.25) is 0 Å². The van der Waals surface area contributed by atoms with Gasteiger partial charge in [0.15, 0.2) is 0 Å². The maximum atomic E-state index is 8.99. The minimum absolute atomic E-state index is 0.693. The van der Waals surface area contributed by atoms with Crippen molar-refractivity contribution in [1.82, 2.24) is 4.90 Å². The van der Waals surface area contributed by atoms with Gasteiger partial charge in [-0.2, -0.15) is 5.26 Å². The summed E-state index contributed by atoms with van der Waals surface area (Å²) in [7, 11) is 2.17. The fraction of sp³-hybridized carbons (Fsp3) is 0.174. The number of anilines is 2. The number of benzene rings is 3. The maximum Gasteiger partial charge on any atom is 0.0991 e. The number of nitrogens with zero attached hydrogens (tertiary/aromatic N) is 3. The highest BCUT2D eigenvalue weighted by Gasteiger charge is 2.19. The van der Waals surface area contributed by atoms with Crippen molar-refractivity contribution in [3.8, 4) is 17.2 Å². The molecule has 3 aromatic carbocycles. The molecule has 26 heavy (non-hydrogen) atoms. The number of nitriles is 1. The summed E-state index contributed by atoms with van der Waals surface area (Å²) in [5, 5.41) is 8.99. The fourth-order valence-corrected chi connectivity index (χ4v) is 3.53. The van der Waals surface area contributed by atoms with Crippen LogP contribution in [0.1, 0.15) is 11.1 Å². The molecule has 0 saturated carbocycles. The van der Waals surface area contributed by atoms with E-state index in [1.807, 2.05) is 24.3 Å². The van der Waals surface area contributed by atoms with Gasteiger partial charge in [0, 0.05) is 31.0 Å². The number of likely N-dealkylation sites (N-methyl/N-ethyl adjacent to an activating group) is 1. The van der Waals surface area contributed by atoms with Gasteiger partial charge in [-0.25, -0.2) is 0 Å². The van der Waals surface area contributed by atoms with Gasteiger partial charge in [0.1, 0.15) is 0 Å². The Kier molecular flexibility index (Phi) is 4.43. The highest BCUT2D eigenvalue weighted by molar-refractivity contribution is 5.73. The molecule has 0 N–H and O–H groups in total. The van der Waals surface area contributed by atoms with Crippen LogP contribution in [-0.4, -0.2) is 25.0 Å². The smallest absolute Gasteiger partial charge is 0.0991 e. The van der Waals surface area contributed by atoms with E-state index < -0.39 is 0 Å². The van der Waals surface area contributed by atoms with Crippen LogP contribution < -0.4 is 4.90 Å². The SMILES string of the molecule is CN1CCN(c2ccccc2)c2ccc(-c3ccc(C#N)cc3)cc2C1. The first kappa shape index (κ1) is 16.4. The molecular weight excluding hydrogens is 318 g/mol. The van der Waals surface area contributed by atoms with Gasteiger partial charge in [-0.15, -0.1) is 0 Å². The van der Waals surface area contributed by atoms with Crippen molar-refractivity contribution in [2.24, 2.45) is 0 Å². The van der Waals surface area contributed by atoms with Crippen LogP contribution in [0.3, 0.4) is 0 Å². The first-order chi connectivity index (χ1) is 12.7. The van der Waals surface area contributed by atoms with Crippen molar-refractivity contribution in [1.29, 1.82) is 5.26 Å². The van der Waals surface area contributed by atoms with Crippen molar-refractivity contribution < 1.29 is 0 Å². The van der Waals surface area contributed by atoms with Crippen molar-refractivity contribution >= 4 is 11.4 Å². The molecule has 1 aliphatic heterocycles. The third kappa shape index (κ3) is 3.20. The second kappa shape index (κ2) is 7.03. The summed E-state index contributed by atoms with van der Waals surface area (Å²) in [6.07, 6.45) is 0. The molecule has 0 spiro atoms. The van der Waals surface area contributed by atoms with Crippen LogP contribution in [-0.2, 0) is 6.54 Å². The van der Waals surface area contributed by atoms with Gasteiger partial charge < -0.3 is 9.80 Å². The Morgan fingerprint density at radius 1 is 0.846 bits per heavy atom. The molecular formula is C23H21N3. The van der Waals surface area contributed by atoms with Crippen LogP contribution in [0.5, 0.6) is 0 Å². The minimum atomic E-state index is 0.693. The molecule has 0 fully saturated rings. The summed E-state index contributed by atoms with van der Waals surface area (Å²) >= 11 is 0. The van der Waals surface area contributed by atoms with E-state index in [1.54, 1.807) is 0 Å². The summed E-state index contributed by atoms with van der Waals surface area (Å²) in [5.41, 5.74) is 6.86. The summed E-state index contributed by atoms with van der Waals surface area (Å²) in [4.78, 5) is 4.77. The van der Waals surface area contributed by atoms with Crippen LogP contribution in [0.4, 0.5) is 11.4 Å². The van der Waals surface area contributed by atoms with Crippen molar-refractivity contribution in [3.63, 3.8) is 0 Å². The molecule has 128 valence electrons. The third-order valence-electron chi connectivity index (χ3n) is 4.93. The average Bonchev–Trinajstić information content (AvgIpc) is 2.86. The van der Waals surface area contributed by atoms with Gasteiger partial charge >= 0.3 is 0 Å². The molecule has 3 nitrogen and oxygen atoms in total. The number of rotatable bonds is 2. The lowest BCUT2D eigenvalue weighted by Gasteiger charge is -2.25. The lowest BCUT2D eigenvalue weighted by atomic mass is 10.00. The van der Waals surface area contributed by atoms with Crippen LogP contribution in [0.2, 0.25) is 0 Å². The Hall–Kier alpha value is -3.09. The van der Waals surface area contributed by atoms with Gasteiger partial charge in [-0.05, 0) is 60.1 Å². The molecule has 3 heteroatoms. The van der Waals surface area contributed by atoms with Gasteiger partial charge in [0.25, 0.3) is 0 Å². The zero-order valence-corrected chi connectivity index (χ0v) is 14.9. The van der Waals surface area contributed by atoms with E-state index in [0.717, 1.165) is 25.2 Å². The van der Waals surface area contributed by atoms with Crippen LogP contribution in [0.15, 0.2) is 72.8 Å². The van der Waals surface area contributed by atoms with Crippen molar-refractivity contribution in [2.45, 2.75) is 6.54 Å². The molecule has 1 heterocycles. The van der Waals surface area contributed by atoms with Gasteiger partial charge in [-0.1, -0.05) is 36.4 Å². The number of hydrogen-bond acceptors (Lipinski definition) is 3. The Balaban J connectivity index is 1.76. The molecule has 0 aromatic heterocycles. The molecule has 0 bridgehead atoms. The van der Waals surface area contributed by atoms with E-state index in [0.29, 0.717) is 5.56 Å². The Labute approximate surface area is 154 Å². The Morgan fingerprint density at radius 2 is 1.58 bits per heavy atom. The van der Waals surface area contributed by atoms with Crippen LogP contribution in [0, 0.1) is 11.3 Å². The van der Waals surface area contributed by atoms with E-state index >= 15 is 0 Å². The number of fused-ring (bicyclic) bond motifs is 1. The number of hydrogen-bond donors (Lipinski definition) is 0. The average molecular weight is 339 g/mol. The molecule has 0 atom stereocenters. The molecule has 1 aliphatic rings. The van der Waals surface area contributed by atoms with Crippen LogP contribution >= 0.6 is 0 Å². The van der Waals surface area contributed by atoms with Crippen LogP contribution in [0.25, 0.3) is 11.1 Å². The standard InChI is InChI=1S/C23H21N3/c1-25-13-14-26(22-5-3-2-4-6-22)23-12-11-20(15-21(23)17-25)19-9-7-18(16-24)8-10-19/h2-12,15H,13-14,17H2,1H3. The first-order valence-corrected chi connectivity index (χ1v) is 8.89. The van der Waals surface area contributed by atoms with E-state index in [9.17, 15) is 0 Å². The quantitative estimate of drug-likeness (QED) is 0.671. The summed E-state index contributed by atoms with van der Waals surface area (Å²) in [6, 6.07) is 27.3. The first-order valence-electron chi connectivity index (χ1n) is 8.89. The van der Waals surface area contributed by atoms with E-state index in [-0.39, 0.29) is 0 Å². The number of para-hydroxylation sites is 1. The molecule has 0 amide bonds. The highest BCUT2D eigenvalue weighted by Crippen LogP contribution is 2.34. The molecule has 3 aromatic rings. The zero-order chi connectivity index (χ0) is 17.9. The zero-order valence-electron chi connectivity index (χ0n) is 14.9. The highest BCUT2D eigenvalue weighted by atomic mass is 15.2. The van der Waals surface area contributed by atoms with E-state index in [1.165, 1.54) is 22.5 Å². The molecule has 0 unspecified atom stereocenters. The van der Waals surface area contributed by atoms with E-state index in [4.69, 9.17) is 5.26 Å². The minimum Gasteiger partial charge on any atom is -0.340 e. The van der Waals surface area contributed by atoms with Crippen molar-refractivity contribution in [3.05, 3.63) is 83.9 Å². The topological polar surface area (TPSA) is 30.3 Å². The monoisotopic (exact) mass is 339 g/mol. The Bertz CT molecular complexity index is 939. The lowest BCUT2D eigenvalue weighted by Crippen LogP contribution is -2.26. The molecule has 0 saturated heterocycles. The maximum absolute atomic E-state index is 8.99. The molecule has 0 aliphatic carbocycles. The van der Waals surface area contributed by atoms with E-state index in [2.05, 4.69) is 71.4 Å². The molecule has 4 rings (SSSR count). The normalized spacial score (nSPS) is 14.4. The van der Waals surface area contributed by atoms with Crippen molar-refractivity contribution in [2.75, 3.05) is 25.0 Å². The lowest BCUT2D eigenvalue weighted by molar-refractivity contribution is 0.343. The second-order valence-electron chi connectivity index (χ2n) is 6.76. The largest absolute Gasteiger partial charge is 0.340 e.